The zero-order valence-electron chi connectivity index (χ0n) is 28.1. The second-order valence-corrected chi connectivity index (χ2v) is 8.81. The maximum absolute atomic E-state index is 10.9. The van der Waals surface area contributed by atoms with Crippen LogP contribution >= 0.6 is 0 Å². The van der Waals surface area contributed by atoms with E-state index < -0.39 is 24.1 Å². The van der Waals surface area contributed by atoms with E-state index in [-0.39, 0.29) is 43.7 Å². The quantitative estimate of drug-likeness (QED) is 0.0567. The van der Waals surface area contributed by atoms with Gasteiger partial charge in [0, 0.05) is 33.3 Å². The van der Waals surface area contributed by atoms with Gasteiger partial charge in [0.05, 0.1) is 32.4 Å². The molecule has 5 atom stereocenters. The fourth-order valence-corrected chi connectivity index (χ4v) is 2.10. The lowest BCUT2D eigenvalue weighted by Crippen LogP contribution is -2.52. The standard InChI is InChI=1S/C7H18N2O3.C7H16N2O.C6H14N2O2.C5H11NO2.C2H7NO/c1-3-6(9)7(10,11-2)12-5-4-8;1-3-5-9-7(10)6(8)4-2;1-2-5(8)6(9)10-4-3-7;1-3-4(6)5(7)8-2;3-1-2-4/h6,10H,3-5,8-9H2,1-2H3;6H,3-5,8H2,1-2H3,(H,9,10);5H,2-4,7-8H2,1H3;4H,3,6H2,1-2H3;4H,1-3H2. The summed E-state index contributed by atoms with van der Waals surface area (Å²) in [7, 11) is 2.67. The number of methoxy groups -OCH3 is 2. The van der Waals surface area contributed by atoms with Crippen LogP contribution in [0.25, 0.3) is 0 Å². The number of carbonyl (C=O) groups excluding carboxylic acids is 3. The van der Waals surface area contributed by atoms with Crippen LogP contribution in [0, 0.1) is 0 Å². The first-order valence-electron chi connectivity index (χ1n) is 14.8. The molecule has 0 aliphatic heterocycles. The molecular formula is C27H66N8O9. The Labute approximate surface area is 264 Å². The predicted octanol–water partition coefficient (Wildman–Crippen LogP) is -2.70. The number of nitrogens with one attached hydrogen (secondary N) is 1. The van der Waals surface area contributed by atoms with Crippen molar-refractivity contribution in [1.29, 1.82) is 0 Å². The molecule has 0 rings (SSSR count). The number of aliphatic hydroxyl groups excluding tert-OH is 1. The SMILES string of the molecule is CCC(N)C(=O)OC.CCC(N)C(=O)OCCN.CCC(N)C(O)(OC)OCCN.CCCNC(=O)C(N)CC.NCCO. The highest BCUT2D eigenvalue weighted by Gasteiger charge is 2.34. The molecule has 268 valence electrons. The maximum atomic E-state index is 10.9. The van der Waals surface area contributed by atoms with E-state index in [4.69, 9.17) is 54.7 Å². The van der Waals surface area contributed by atoms with Gasteiger partial charge in [0.2, 0.25) is 5.91 Å². The zero-order valence-corrected chi connectivity index (χ0v) is 28.1. The van der Waals surface area contributed by atoms with Gasteiger partial charge in [-0.15, -0.1) is 0 Å². The molecule has 5 unspecified atom stereocenters. The van der Waals surface area contributed by atoms with Crippen LogP contribution in [0.1, 0.15) is 66.7 Å². The van der Waals surface area contributed by atoms with Gasteiger partial charge >= 0.3 is 11.9 Å². The second-order valence-electron chi connectivity index (χ2n) is 8.81. The minimum Gasteiger partial charge on any atom is -0.468 e. The van der Waals surface area contributed by atoms with Gasteiger partial charge in [0.15, 0.2) is 0 Å². The van der Waals surface area contributed by atoms with E-state index in [1.165, 1.54) is 14.2 Å². The van der Waals surface area contributed by atoms with Crippen molar-refractivity contribution in [3.05, 3.63) is 0 Å². The minimum absolute atomic E-state index is 0.0376. The Balaban J connectivity index is -0.000000149. The highest BCUT2D eigenvalue weighted by molar-refractivity contribution is 5.81. The number of esters is 2. The molecule has 0 aromatic heterocycles. The van der Waals surface area contributed by atoms with Crippen molar-refractivity contribution < 1.29 is 43.5 Å². The number of ether oxygens (including phenoxy) is 4. The minimum atomic E-state index is -1.70. The summed E-state index contributed by atoms with van der Waals surface area (Å²) in [6, 6.07) is -1.83. The lowest BCUT2D eigenvalue weighted by molar-refractivity contribution is -0.359. The summed E-state index contributed by atoms with van der Waals surface area (Å²) >= 11 is 0. The number of carbonyl (C=O) groups is 3. The van der Waals surface area contributed by atoms with Crippen LogP contribution in [-0.2, 0) is 33.3 Å². The molecular weight excluding hydrogens is 580 g/mol. The van der Waals surface area contributed by atoms with Gasteiger partial charge in [0.25, 0.3) is 5.97 Å². The highest BCUT2D eigenvalue weighted by Crippen LogP contribution is 2.13. The summed E-state index contributed by atoms with van der Waals surface area (Å²) in [6.07, 6.45) is 3.46. The molecule has 0 spiro atoms. The van der Waals surface area contributed by atoms with Crippen LogP contribution < -0.4 is 45.5 Å². The molecule has 0 saturated heterocycles. The molecule has 1 amide bonds. The Morgan fingerprint density at radius 3 is 1.50 bits per heavy atom. The van der Waals surface area contributed by atoms with E-state index >= 15 is 0 Å². The molecule has 44 heavy (non-hydrogen) atoms. The van der Waals surface area contributed by atoms with Crippen LogP contribution in [0.2, 0.25) is 0 Å². The van der Waals surface area contributed by atoms with Crippen molar-refractivity contribution in [1.82, 2.24) is 5.32 Å². The lowest BCUT2D eigenvalue weighted by Gasteiger charge is -2.30. The third-order valence-electron chi connectivity index (χ3n) is 5.13. The average Bonchev–Trinajstić information content (AvgIpc) is 3.07. The summed E-state index contributed by atoms with van der Waals surface area (Å²) in [4.78, 5) is 32.0. The summed E-state index contributed by atoms with van der Waals surface area (Å²) in [5, 5.41) is 20.1. The number of rotatable bonds is 17. The summed E-state index contributed by atoms with van der Waals surface area (Å²) in [5.41, 5.74) is 36.7. The van der Waals surface area contributed by atoms with Crippen molar-refractivity contribution in [2.75, 3.05) is 60.2 Å². The Hall–Kier alpha value is -2.03. The topological polar surface area (TPSA) is 323 Å². The van der Waals surface area contributed by atoms with E-state index in [2.05, 4.69) is 14.8 Å². The van der Waals surface area contributed by atoms with Gasteiger partial charge < -0.3 is 74.6 Å². The fraction of sp³-hybridized carbons (Fsp3) is 0.889. The fourth-order valence-electron chi connectivity index (χ4n) is 2.10. The summed E-state index contributed by atoms with van der Waals surface area (Å²) in [5.74, 6) is -2.45. The summed E-state index contributed by atoms with van der Waals surface area (Å²) in [6.45, 7) is 11.8. The van der Waals surface area contributed by atoms with Crippen molar-refractivity contribution in [3.63, 3.8) is 0 Å². The third kappa shape index (κ3) is 32.9. The number of amides is 1. The van der Waals surface area contributed by atoms with Crippen LogP contribution in [0.5, 0.6) is 0 Å². The van der Waals surface area contributed by atoms with E-state index in [0.29, 0.717) is 45.3 Å². The van der Waals surface area contributed by atoms with Crippen LogP contribution in [-0.4, -0.2) is 118 Å². The Bertz CT molecular complexity index is 626. The molecule has 0 fully saturated rings. The first-order valence-corrected chi connectivity index (χ1v) is 14.8. The molecule has 0 aromatic carbocycles. The van der Waals surface area contributed by atoms with Crippen molar-refractivity contribution in [2.45, 2.75) is 96.9 Å². The van der Waals surface area contributed by atoms with E-state index in [0.717, 1.165) is 13.0 Å². The van der Waals surface area contributed by atoms with Gasteiger partial charge in [-0.2, -0.15) is 0 Å². The maximum Gasteiger partial charge on any atom is 0.322 e. The normalized spacial score (nSPS) is 13.9. The Morgan fingerprint density at radius 2 is 1.20 bits per heavy atom. The molecule has 0 aliphatic rings. The Kier molecular flexibility index (Phi) is 43.5. The number of nitrogens with two attached hydrogens (primary N) is 7. The third-order valence-corrected chi connectivity index (χ3v) is 5.13. The van der Waals surface area contributed by atoms with Gasteiger partial charge in [0.1, 0.15) is 18.7 Å². The zero-order chi connectivity index (χ0) is 35.6. The number of hydrogen-bond acceptors (Lipinski definition) is 16. The number of hydrogen-bond donors (Lipinski definition) is 10. The molecule has 0 radical (unpaired) electrons. The molecule has 0 aliphatic carbocycles. The van der Waals surface area contributed by atoms with Crippen LogP contribution in [0.3, 0.4) is 0 Å². The molecule has 17 nitrogen and oxygen atoms in total. The summed E-state index contributed by atoms with van der Waals surface area (Å²) < 4.78 is 18.7. The van der Waals surface area contributed by atoms with Crippen LogP contribution in [0.4, 0.5) is 0 Å². The van der Waals surface area contributed by atoms with Crippen LogP contribution in [0.15, 0.2) is 0 Å². The molecule has 0 aromatic rings. The van der Waals surface area contributed by atoms with Gasteiger partial charge in [-0.25, -0.2) is 0 Å². The average molecular weight is 647 g/mol. The van der Waals surface area contributed by atoms with Gasteiger partial charge in [-0.1, -0.05) is 34.6 Å². The first-order chi connectivity index (χ1) is 20.7. The van der Waals surface area contributed by atoms with E-state index in [1.54, 1.807) is 0 Å². The molecule has 0 bridgehead atoms. The van der Waals surface area contributed by atoms with Crippen molar-refractivity contribution in [2.24, 2.45) is 40.1 Å². The lowest BCUT2D eigenvalue weighted by atomic mass is 10.2. The van der Waals surface area contributed by atoms with E-state index in [9.17, 15) is 19.5 Å². The van der Waals surface area contributed by atoms with E-state index in [1.807, 2.05) is 34.6 Å². The predicted molar refractivity (Wildman–Crippen MR) is 172 cm³/mol. The smallest absolute Gasteiger partial charge is 0.322 e. The van der Waals surface area contributed by atoms with Gasteiger partial charge in [-0.05, 0) is 32.1 Å². The monoisotopic (exact) mass is 646 g/mol. The van der Waals surface area contributed by atoms with Crippen molar-refractivity contribution >= 4 is 17.8 Å². The molecule has 17 N–H and O–H groups in total. The highest BCUT2D eigenvalue weighted by atomic mass is 16.8. The van der Waals surface area contributed by atoms with Gasteiger partial charge in [-0.3, -0.25) is 14.4 Å². The largest absolute Gasteiger partial charge is 0.468 e. The molecule has 17 heteroatoms. The Morgan fingerprint density at radius 1 is 0.750 bits per heavy atom. The molecule has 0 heterocycles. The number of aliphatic hydroxyl groups is 2. The van der Waals surface area contributed by atoms with Crippen molar-refractivity contribution in [3.8, 4) is 0 Å². The second kappa shape index (κ2) is 37.2. The molecule has 0 saturated carbocycles. The first kappa shape index (κ1) is 51.5.